The zero-order valence-electron chi connectivity index (χ0n) is 19.5. The normalized spacial score (nSPS) is 14.4. The van der Waals surface area contributed by atoms with Gasteiger partial charge in [0.25, 0.3) is 5.91 Å². The van der Waals surface area contributed by atoms with Crippen molar-refractivity contribution in [2.75, 3.05) is 11.5 Å². The summed E-state index contributed by atoms with van der Waals surface area (Å²) in [6.45, 7) is 6.71. The van der Waals surface area contributed by atoms with E-state index in [1.165, 1.54) is 16.7 Å². The zero-order valence-corrected chi connectivity index (χ0v) is 23.5. The van der Waals surface area contributed by atoms with Crippen LogP contribution in [0.25, 0.3) is 6.08 Å². The van der Waals surface area contributed by atoms with Gasteiger partial charge in [-0.3, -0.25) is 9.69 Å². The molecule has 0 radical (unpaired) electrons. The number of rotatable bonds is 9. The molecule has 1 amide bonds. The molecule has 1 aliphatic rings. The van der Waals surface area contributed by atoms with E-state index in [0.29, 0.717) is 51.1 Å². The van der Waals surface area contributed by atoms with Crippen LogP contribution in [0, 0.1) is 0 Å². The van der Waals surface area contributed by atoms with Crippen molar-refractivity contribution in [1.82, 2.24) is 0 Å². The molecule has 3 aromatic rings. The topological polar surface area (TPSA) is 38.8 Å². The van der Waals surface area contributed by atoms with E-state index in [0.717, 1.165) is 21.2 Å². The van der Waals surface area contributed by atoms with E-state index in [-0.39, 0.29) is 5.91 Å². The van der Waals surface area contributed by atoms with E-state index in [4.69, 9.17) is 33.3 Å². The first-order valence-corrected chi connectivity index (χ1v) is 13.6. The Labute approximate surface area is 234 Å². The molecule has 8 heteroatoms. The van der Waals surface area contributed by atoms with Crippen LogP contribution in [0.2, 0.25) is 5.02 Å². The van der Waals surface area contributed by atoms with Crippen LogP contribution >= 0.6 is 51.5 Å². The fourth-order valence-corrected chi connectivity index (χ4v) is 5.42. The van der Waals surface area contributed by atoms with Gasteiger partial charge in [0.2, 0.25) is 0 Å². The van der Waals surface area contributed by atoms with Gasteiger partial charge in [-0.2, -0.15) is 0 Å². The lowest BCUT2D eigenvalue weighted by Gasteiger charge is -2.17. The van der Waals surface area contributed by atoms with Gasteiger partial charge < -0.3 is 9.47 Å². The number of amides is 1. The lowest BCUT2D eigenvalue weighted by atomic mass is 10.0. The summed E-state index contributed by atoms with van der Waals surface area (Å²) in [6.07, 6.45) is 4.24. The maximum absolute atomic E-state index is 13.3. The van der Waals surface area contributed by atoms with E-state index in [1.54, 1.807) is 18.2 Å². The average Bonchev–Trinajstić information content (AvgIpc) is 3.14. The molecule has 0 aliphatic carbocycles. The third-order valence-electron chi connectivity index (χ3n) is 5.30. The van der Waals surface area contributed by atoms with E-state index < -0.39 is 0 Å². The van der Waals surface area contributed by atoms with E-state index in [2.05, 4.69) is 22.5 Å². The summed E-state index contributed by atoms with van der Waals surface area (Å²) in [7, 11) is 0. The molecule has 1 aliphatic heterocycles. The zero-order chi connectivity index (χ0) is 25.7. The summed E-state index contributed by atoms with van der Waals surface area (Å²) in [6, 6.07) is 19.2. The Kier molecular flexibility index (Phi) is 8.90. The first kappa shape index (κ1) is 26.5. The molecule has 0 unspecified atom stereocenters. The highest BCUT2D eigenvalue weighted by Crippen LogP contribution is 2.40. The molecule has 36 heavy (non-hydrogen) atoms. The van der Waals surface area contributed by atoms with Crippen LogP contribution in [0.15, 0.2) is 82.7 Å². The Morgan fingerprint density at radius 3 is 2.61 bits per heavy atom. The fraction of sp³-hybridized carbons (Fsp3) is 0.143. The summed E-state index contributed by atoms with van der Waals surface area (Å²) in [4.78, 5) is 15.3. The van der Waals surface area contributed by atoms with Crippen LogP contribution in [-0.2, 0) is 17.8 Å². The molecule has 0 saturated carbocycles. The molecule has 4 nitrogen and oxygen atoms in total. The van der Waals surface area contributed by atoms with Crippen molar-refractivity contribution in [3.8, 4) is 11.5 Å². The fourth-order valence-electron chi connectivity index (χ4n) is 3.70. The van der Waals surface area contributed by atoms with E-state index in [1.807, 2.05) is 61.5 Å². The van der Waals surface area contributed by atoms with Crippen LogP contribution < -0.4 is 14.4 Å². The highest BCUT2D eigenvalue weighted by atomic mass is 79.9. The quantitative estimate of drug-likeness (QED) is 0.141. The van der Waals surface area contributed by atoms with Crippen LogP contribution in [-0.4, -0.2) is 16.8 Å². The number of ether oxygens (including phenoxy) is 2. The highest BCUT2D eigenvalue weighted by Gasteiger charge is 2.33. The SMILES string of the molecule is C=CCc1cc(/C=C2\SC(=S)N(c3ccc(Br)c(Cl)c3)C2=O)cc(OCC)c1OCc1ccccc1. The summed E-state index contributed by atoms with van der Waals surface area (Å²) in [5, 5.41) is 0.507. The van der Waals surface area contributed by atoms with Gasteiger partial charge in [-0.05, 0) is 76.8 Å². The van der Waals surface area contributed by atoms with Crippen molar-refractivity contribution in [2.24, 2.45) is 0 Å². The summed E-state index contributed by atoms with van der Waals surface area (Å²) < 4.78 is 13.4. The number of hydrogen-bond donors (Lipinski definition) is 0. The van der Waals surface area contributed by atoms with Crippen molar-refractivity contribution in [2.45, 2.75) is 20.0 Å². The number of thiocarbonyl (C=S) groups is 1. The van der Waals surface area contributed by atoms with Crippen molar-refractivity contribution in [1.29, 1.82) is 0 Å². The first-order chi connectivity index (χ1) is 17.4. The molecule has 0 spiro atoms. The Morgan fingerprint density at radius 2 is 1.92 bits per heavy atom. The molecular formula is C28H23BrClNO3S2. The lowest BCUT2D eigenvalue weighted by molar-refractivity contribution is -0.113. The number of carbonyl (C=O) groups is 1. The Hall–Kier alpha value is -2.58. The number of halogens is 2. The predicted molar refractivity (Wildman–Crippen MR) is 157 cm³/mol. The minimum atomic E-state index is -0.198. The Balaban J connectivity index is 1.67. The highest BCUT2D eigenvalue weighted by molar-refractivity contribution is 9.10. The smallest absolute Gasteiger partial charge is 0.270 e. The maximum atomic E-state index is 13.3. The molecule has 1 heterocycles. The standard InChI is InChI=1S/C28H23BrClNO3S2/c1-3-8-20-13-19(14-24(33-4-2)26(20)34-17-18-9-6-5-7-10-18)15-25-27(32)31(28(35)36-25)21-11-12-22(29)23(30)16-21/h3,5-7,9-16H,1,4,8,17H2,2H3/b25-15-. The number of thioether (sulfide) groups is 1. The van der Waals surface area contributed by atoms with Gasteiger partial charge in [-0.25, -0.2) is 0 Å². The van der Waals surface area contributed by atoms with Crippen LogP contribution in [0.1, 0.15) is 23.6 Å². The number of benzene rings is 3. The second-order valence-electron chi connectivity index (χ2n) is 7.82. The van der Waals surface area contributed by atoms with Crippen molar-refractivity contribution < 1.29 is 14.3 Å². The Bertz CT molecular complexity index is 1340. The molecule has 0 aromatic heterocycles. The summed E-state index contributed by atoms with van der Waals surface area (Å²) >= 11 is 16.4. The first-order valence-electron chi connectivity index (χ1n) is 11.2. The van der Waals surface area contributed by atoms with Gasteiger partial charge in [0.15, 0.2) is 15.8 Å². The average molecular weight is 601 g/mol. The summed E-state index contributed by atoms with van der Waals surface area (Å²) in [5.74, 6) is 1.10. The molecule has 0 bridgehead atoms. The van der Waals surface area contributed by atoms with E-state index >= 15 is 0 Å². The number of allylic oxidation sites excluding steroid dienone is 1. The predicted octanol–water partition coefficient (Wildman–Crippen LogP) is 8.21. The second-order valence-corrected chi connectivity index (χ2v) is 10.8. The number of nitrogens with zero attached hydrogens (tertiary/aromatic N) is 1. The van der Waals surface area contributed by atoms with Gasteiger partial charge in [-0.15, -0.1) is 6.58 Å². The molecule has 3 aromatic carbocycles. The molecular weight excluding hydrogens is 578 g/mol. The van der Waals surface area contributed by atoms with Gasteiger partial charge >= 0.3 is 0 Å². The van der Waals surface area contributed by atoms with E-state index in [9.17, 15) is 4.79 Å². The lowest BCUT2D eigenvalue weighted by Crippen LogP contribution is -2.27. The van der Waals surface area contributed by atoms with Crippen LogP contribution in [0.4, 0.5) is 5.69 Å². The third-order valence-corrected chi connectivity index (χ3v) is 7.83. The van der Waals surface area contributed by atoms with Gasteiger partial charge in [0.05, 0.1) is 22.2 Å². The second kappa shape index (κ2) is 12.1. The van der Waals surface area contributed by atoms with Crippen molar-refractivity contribution in [3.63, 3.8) is 0 Å². The van der Waals surface area contributed by atoms with Gasteiger partial charge in [-0.1, -0.05) is 72.0 Å². The third kappa shape index (κ3) is 6.03. The molecule has 0 N–H and O–H groups in total. The maximum Gasteiger partial charge on any atom is 0.270 e. The van der Waals surface area contributed by atoms with Crippen LogP contribution in [0.3, 0.4) is 0 Å². The minimum Gasteiger partial charge on any atom is -0.490 e. The molecule has 4 rings (SSSR count). The molecule has 1 fully saturated rings. The Morgan fingerprint density at radius 1 is 1.14 bits per heavy atom. The largest absolute Gasteiger partial charge is 0.490 e. The molecule has 184 valence electrons. The molecule has 1 saturated heterocycles. The van der Waals surface area contributed by atoms with Gasteiger partial charge in [0.1, 0.15) is 6.61 Å². The number of carbonyl (C=O) groups excluding carboxylic acids is 1. The number of anilines is 1. The van der Waals surface area contributed by atoms with Gasteiger partial charge in [0, 0.05) is 10.0 Å². The van der Waals surface area contributed by atoms with Crippen molar-refractivity contribution >= 4 is 73.5 Å². The van der Waals surface area contributed by atoms with Crippen LogP contribution in [0.5, 0.6) is 11.5 Å². The monoisotopic (exact) mass is 599 g/mol. The summed E-state index contributed by atoms with van der Waals surface area (Å²) in [5.41, 5.74) is 3.43. The minimum absolute atomic E-state index is 0.198. The number of hydrogen-bond acceptors (Lipinski definition) is 5. The molecule has 0 atom stereocenters. The van der Waals surface area contributed by atoms with Crippen molar-refractivity contribution in [3.05, 3.63) is 104 Å².